The fraction of sp³-hybridized carbons (Fsp3) is 0.0909. The highest BCUT2D eigenvalue weighted by atomic mass is 35.5. The molecule has 2 rings (SSSR count). The van der Waals surface area contributed by atoms with E-state index < -0.39 is 4.92 Å². The quantitative estimate of drug-likeness (QED) is 0.628. The minimum atomic E-state index is -0.627. The second-order valence-electron chi connectivity index (χ2n) is 3.56. The minimum Gasteiger partial charge on any atom is -0.358 e. The zero-order valence-electron chi connectivity index (χ0n) is 9.08. The van der Waals surface area contributed by atoms with Gasteiger partial charge in [0.1, 0.15) is 0 Å². The fourth-order valence-electron chi connectivity index (χ4n) is 1.46. The lowest BCUT2D eigenvalue weighted by molar-refractivity contribution is -0.389. The molecule has 0 aliphatic heterocycles. The number of halogens is 1. The molecule has 18 heavy (non-hydrogen) atoms. The number of benzene rings is 1. The summed E-state index contributed by atoms with van der Waals surface area (Å²) in [4.78, 5) is 9.95. The first-order valence-electron chi connectivity index (χ1n) is 4.96. The fourth-order valence-corrected chi connectivity index (χ4v) is 1.68. The van der Waals surface area contributed by atoms with Crippen LogP contribution in [0.4, 0.5) is 5.82 Å². The van der Waals surface area contributed by atoms with Gasteiger partial charge in [0, 0.05) is 0 Å². The van der Waals surface area contributed by atoms with Crippen molar-refractivity contribution in [2.24, 2.45) is 0 Å². The Bertz CT molecular complexity index is 627. The van der Waals surface area contributed by atoms with Crippen LogP contribution in [0.25, 0.3) is 0 Å². The SMILES string of the molecule is N#Cc1ccc(Cn2cc(Cl)c([N+](=O)[O-])n2)cc1. The van der Waals surface area contributed by atoms with Crippen molar-refractivity contribution in [1.82, 2.24) is 9.78 Å². The molecule has 1 aromatic heterocycles. The zero-order valence-corrected chi connectivity index (χ0v) is 9.83. The topological polar surface area (TPSA) is 84.8 Å². The molecule has 0 spiro atoms. The third-order valence-electron chi connectivity index (χ3n) is 2.30. The van der Waals surface area contributed by atoms with Gasteiger partial charge in [-0.25, -0.2) is 0 Å². The number of nitrogens with zero attached hydrogens (tertiary/aromatic N) is 4. The van der Waals surface area contributed by atoms with Crippen molar-refractivity contribution in [3.63, 3.8) is 0 Å². The van der Waals surface area contributed by atoms with Crippen LogP contribution < -0.4 is 0 Å². The van der Waals surface area contributed by atoms with E-state index in [9.17, 15) is 10.1 Å². The Morgan fingerprint density at radius 2 is 2.11 bits per heavy atom. The van der Waals surface area contributed by atoms with Crippen molar-refractivity contribution < 1.29 is 4.92 Å². The van der Waals surface area contributed by atoms with E-state index in [2.05, 4.69) is 5.10 Å². The summed E-state index contributed by atoms with van der Waals surface area (Å²) in [7, 11) is 0. The zero-order chi connectivity index (χ0) is 13.1. The molecular formula is C11H7ClN4O2. The van der Waals surface area contributed by atoms with Crippen LogP contribution in [0, 0.1) is 21.4 Å². The van der Waals surface area contributed by atoms with E-state index in [1.165, 1.54) is 10.9 Å². The summed E-state index contributed by atoms with van der Waals surface area (Å²) in [6.45, 7) is 0.360. The highest BCUT2D eigenvalue weighted by molar-refractivity contribution is 6.32. The van der Waals surface area contributed by atoms with Crippen molar-refractivity contribution in [3.05, 3.63) is 56.7 Å². The van der Waals surface area contributed by atoms with E-state index in [0.29, 0.717) is 12.1 Å². The smallest absolute Gasteiger partial charge is 0.358 e. The molecule has 0 aliphatic rings. The summed E-state index contributed by atoms with van der Waals surface area (Å²) < 4.78 is 1.39. The van der Waals surface area contributed by atoms with Gasteiger partial charge in [-0.2, -0.15) is 9.94 Å². The standard InChI is InChI=1S/C11H7ClN4O2/c12-10-7-15(14-11(10)16(17)18)6-9-3-1-8(5-13)2-4-9/h1-4,7H,6H2. The first kappa shape index (κ1) is 12.1. The molecule has 0 atom stereocenters. The van der Waals surface area contributed by atoms with Crippen LogP contribution in [0.2, 0.25) is 5.02 Å². The summed E-state index contributed by atoms with van der Waals surface area (Å²) in [5.41, 5.74) is 1.44. The Labute approximate surface area is 107 Å². The van der Waals surface area contributed by atoms with Gasteiger partial charge in [-0.3, -0.25) is 0 Å². The van der Waals surface area contributed by atoms with Gasteiger partial charge in [0.25, 0.3) is 0 Å². The van der Waals surface area contributed by atoms with Crippen LogP contribution in [-0.2, 0) is 6.54 Å². The summed E-state index contributed by atoms with van der Waals surface area (Å²) in [5, 5.41) is 23.0. The number of rotatable bonds is 3. The van der Waals surface area contributed by atoms with Crippen molar-refractivity contribution in [2.45, 2.75) is 6.54 Å². The van der Waals surface area contributed by atoms with Gasteiger partial charge in [-0.15, -0.1) is 0 Å². The monoisotopic (exact) mass is 262 g/mol. The average Bonchev–Trinajstić information content (AvgIpc) is 2.71. The minimum absolute atomic E-state index is 0.00800. The molecule has 90 valence electrons. The maximum absolute atomic E-state index is 10.6. The summed E-state index contributed by atoms with van der Waals surface area (Å²) in [5.74, 6) is -0.356. The molecule has 7 heteroatoms. The van der Waals surface area contributed by atoms with Crippen molar-refractivity contribution in [2.75, 3.05) is 0 Å². The summed E-state index contributed by atoms with van der Waals surface area (Å²) >= 11 is 5.69. The highest BCUT2D eigenvalue weighted by Gasteiger charge is 2.18. The van der Waals surface area contributed by atoms with Crippen molar-refractivity contribution in [1.29, 1.82) is 5.26 Å². The highest BCUT2D eigenvalue weighted by Crippen LogP contribution is 2.21. The van der Waals surface area contributed by atoms with Gasteiger partial charge in [0.15, 0.2) is 5.02 Å². The van der Waals surface area contributed by atoms with Gasteiger partial charge in [0.05, 0.1) is 29.5 Å². The van der Waals surface area contributed by atoms with Gasteiger partial charge < -0.3 is 10.1 Å². The predicted molar refractivity (Wildman–Crippen MR) is 64.2 cm³/mol. The number of aromatic nitrogens is 2. The van der Waals surface area contributed by atoms with Gasteiger partial charge in [-0.1, -0.05) is 23.7 Å². The number of hydrogen-bond donors (Lipinski definition) is 0. The Morgan fingerprint density at radius 1 is 1.44 bits per heavy atom. The van der Waals surface area contributed by atoms with Crippen LogP contribution in [0.15, 0.2) is 30.5 Å². The average molecular weight is 263 g/mol. The van der Waals surface area contributed by atoms with E-state index in [-0.39, 0.29) is 10.8 Å². The molecule has 2 aromatic rings. The van der Waals surface area contributed by atoms with Crippen LogP contribution in [0.5, 0.6) is 0 Å². The van der Waals surface area contributed by atoms with Crippen LogP contribution in [-0.4, -0.2) is 14.7 Å². The third kappa shape index (κ3) is 2.47. The van der Waals surface area contributed by atoms with E-state index >= 15 is 0 Å². The third-order valence-corrected chi connectivity index (χ3v) is 2.57. The number of nitro groups is 1. The Kier molecular flexibility index (Phi) is 3.26. The van der Waals surface area contributed by atoms with Gasteiger partial charge in [0.2, 0.25) is 0 Å². The first-order chi connectivity index (χ1) is 8.60. The second-order valence-corrected chi connectivity index (χ2v) is 3.97. The normalized spacial score (nSPS) is 10.0. The molecule has 0 bridgehead atoms. The van der Waals surface area contributed by atoms with E-state index in [4.69, 9.17) is 16.9 Å². The molecule has 0 radical (unpaired) electrons. The van der Waals surface area contributed by atoms with E-state index in [1.807, 2.05) is 6.07 Å². The molecule has 0 N–H and O–H groups in total. The summed E-state index contributed by atoms with van der Waals surface area (Å²) in [6.07, 6.45) is 1.40. The van der Waals surface area contributed by atoms with Crippen LogP contribution >= 0.6 is 11.6 Å². The molecule has 0 fully saturated rings. The predicted octanol–water partition coefficient (Wildman–Crippen LogP) is 2.36. The molecule has 0 saturated carbocycles. The van der Waals surface area contributed by atoms with Crippen LogP contribution in [0.3, 0.4) is 0 Å². The molecule has 0 saturated heterocycles. The Balaban J connectivity index is 2.21. The lowest BCUT2D eigenvalue weighted by Crippen LogP contribution is -2.01. The largest absolute Gasteiger partial charge is 0.408 e. The van der Waals surface area contributed by atoms with Crippen molar-refractivity contribution in [3.8, 4) is 6.07 Å². The van der Waals surface area contributed by atoms with E-state index in [0.717, 1.165) is 5.56 Å². The molecular weight excluding hydrogens is 256 g/mol. The number of hydrogen-bond acceptors (Lipinski definition) is 4. The van der Waals surface area contributed by atoms with Gasteiger partial charge in [-0.05, 0) is 22.6 Å². The molecule has 0 unspecified atom stereocenters. The maximum Gasteiger partial charge on any atom is 0.408 e. The molecule has 1 heterocycles. The second kappa shape index (κ2) is 4.85. The maximum atomic E-state index is 10.6. The molecule has 0 aliphatic carbocycles. The first-order valence-corrected chi connectivity index (χ1v) is 5.34. The molecule has 6 nitrogen and oxygen atoms in total. The Morgan fingerprint density at radius 3 is 2.61 bits per heavy atom. The number of nitriles is 1. The van der Waals surface area contributed by atoms with E-state index in [1.54, 1.807) is 24.3 Å². The summed E-state index contributed by atoms with van der Waals surface area (Å²) in [6, 6.07) is 8.89. The van der Waals surface area contributed by atoms with Crippen molar-refractivity contribution >= 4 is 17.4 Å². The molecule has 1 aromatic carbocycles. The lowest BCUT2D eigenvalue weighted by atomic mass is 10.1. The van der Waals surface area contributed by atoms with Gasteiger partial charge >= 0.3 is 5.82 Å². The lowest BCUT2D eigenvalue weighted by Gasteiger charge is -1.97. The Hall–Kier alpha value is -2.39. The van der Waals surface area contributed by atoms with Crippen LogP contribution in [0.1, 0.15) is 11.1 Å². The molecule has 0 amide bonds.